The summed E-state index contributed by atoms with van der Waals surface area (Å²) in [7, 11) is 1.54. The van der Waals surface area contributed by atoms with Crippen LogP contribution >= 0.6 is 0 Å². The van der Waals surface area contributed by atoms with Crippen molar-refractivity contribution in [1.82, 2.24) is 20.8 Å². The first kappa shape index (κ1) is 11.1. The van der Waals surface area contributed by atoms with E-state index in [-0.39, 0.29) is 12.6 Å². The summed E-state index contributed by atoms with van der Waals surface area (Å²) in [4.78, 5) is 15.1. The van der Waals surface area contributed by atoms with Gasteiger partial charge in [0.15, 0.2) is 0 Å². The van der Waals surface area contributed by atoms with Crippen molar-refractivity contribution < 1.29 is 9.32 Å². The van der Waals surface area contributed by atoms with Crippen molar-refractivity contribution in [2.24, 2.45) is 0 Å². The number of aromatic nitrogens is 2. The molecule has 2 amide bonds. The highest BCUT2D eigenvalue weighted by Crippen LogP contribution is 2.14. The SMILES string of the molecule is CNC(=O)NCc1nc(-c2ccccc2)no1. The Kier molecular flexibility index (Phi) is 3.34. The van der Waals surface area contributed by atoms with Gasteiger partial charge in [-0.2, -0.15) is 4.98 Å². The third kappa shape index (κ3) is 2.81. The predicted octanol–water partition coefficient (Wildman–Crippen LogP) is 1.17. The Morgan fingerprint density at radius 1 is 1.35 bits per heavy atom. The van der Waals surface area contributed by atoms with E-state index in [1.807, 2.05) is 30.3 Å². The number of rotatable bonds is 3. The van der Waals surface area contributed by atoms with Gasteiger partial charge in [0, 0.05) is 12.6 Å². The topological polar surface area (TPSA) is 80.0 Å². The number of carbonyl (C=O) groups is 1. The summed E-state index contributed by atoms with van der Waals surface area (Å²) in [6.45, 7) is 0.208. The van der Waals surface area contributed by atoms with E-state index in [0.29, 0.717) is 11.7 Å². The Labute approximate surface area is 98.0 Å². The number of amides is 2. The number of urea groups is 1. The van der Waals surface area contributed by atoms with Crippen molar-refractivity contribution in [3.63, 3.8) is 0 Å². The molecule has 0 fully saturated rings. The van der Waals surface area contributed by atoms with Crippen molar-refractivity contribution in [2.75, 3.05) is 7.05 Å². The molecule has 2 aromatic rings. The number of benzene rings is 1. The van der Waals surface area contributed by atoms with E-state index in [1.54, 1.807) is 7.05 Å². The molecule has 88 valence electrons. The molecular formula is C11H12N4O2. The van der Waals surface area contributed by atoms with E-state index >= 15 is 0 Å². The average Bonchev–Trinajstić information content (AvgIpc) is 2.86. The van der Waals surface area contributed by atoms with Gasteiger partial charge in [-0.1, -0.05) is 35.5 Å². The van der Waals surface area contributed by atoms with Crippen molar-refractivity contribution in [3.05, 3.63) is 36.2 Å². The number of carbonyl (C=O) groups excluding carboxylic acids is 1. The average molecular weight is 232 g/mol. The zero-order valence-corrected chi connectivity index (χ0v) is 9.30. The van der Waals surface area contributed by atoms with Gasteiger partial charge in [0.2, 0.25) is 11.7 Å². The molecule has 0 saturated heterocycles. The molecule has 0 spiro atoms. The molecule has 1 heterocycles. The van der Waals surface area contributed by atoms with Crippen LogP contribution in [-0.2, 0) is 6.54 Å². The van der Waals surface area contributed by atoms with Crippen molar-refractivity contribution in [3.8, 4) is 11.4 Å². The quantitative estimate of drug-likeness (QED) is 0.832. The molecule has 0 aliphatic carbocycles. The number of nitrogens with one attached hydrogen (secondary N) is 2. The maximum Gasteiger partial charge on any atom is 0.314 e. The van der Waals surface area contributed by atoms with Crippen LogP contribution in [0.1, 0.15) is 5.89 Å². The van der Waals surface area contributed by atoms with Crippen LogP contribution in [0.4, 0.5) is 4.79 Å². The van der Waals surface area contributed by atoms with Gasteiger partial charge in [0.05, 0.1) is 6.54 Å². The van der Waals surface area contributed by atoms with Gasteiger partial charge in [-0.25, -0.2) is 4.79 Å². The van der Waals surface area contributed by atoms with Gasteiger partial charge in [-0.15, -0.1) is 0 Å². The fraction of sp³-hybridized carbons (Fsp3) is 0.182. The van der Waals surface area contributed by atoms with Crippen LogP contribution in [0.25, 0.3) is 11.4 Å². The summed E-state index contributed by atoms with van der Waals surface area (Å²) >= 11 is 0. The number of hydrogen-bond acceptors (Lipinski definition) is 4. The van der Waals surface area contributed by atoms with E-state index in [0.717, 1.165) is 5.56 Å². The van der Waals surface area contributed by atoms with Crippen LogP contribution in [0.2, 0.25) is 0 Å². The molecule has 1 aromatic carbocycles. The van der Waals surface area contributed by atoms with Gasteiger partial charge < -0.3 is 15.2 Å². The molecule has 0 aliphatic heterocycles. The minimum atomic E-state index is -0.288. The first-order valence-electron chi connectivity index (χ1n) is 5.13. The maximum atomic E-state index is 10.9. The highest BCUT2D eigenvalue weighted by molar-refractivity contribution is 5.73. The van der Waals surface area contributed by atoms with Gasteiger partial charge >= 0.3 is 6.03 Å². The fourth-order valence-electron chi connectivity index (χ4n) is 1.28. The second-order valence-corrected chi connectivity index (χ2v) is 3.31. The van der Waals surface area contributed by atoms with Crippen LogP contribution < -0.4 is 10.6 Å². The Hall–Kier alpha value is -2.37. The Bertz CT molecular complexity index is 495. The third-order valence-corrected chi connectivity index (χ3v) is 2.13. The molecule has 2 N–H and O–H groups in total. The van der Waals surface area contributed by atoms with E-state index < -0.39 is 0 Å². The second kappa shape index (κ2) is 5.11. The first-order valence-corrected chi connectivity index (χ1v) is 5.13. The lowest BCUT2D eigenvalue weighted by molar-refractivity contribution is 0.240. The van der Waals surface area contributed by atoms with E-state index in [1.165, 1.54) is 0 Å². The molecule has 6 heteroatoms. The largest absolute Gasteiger partial charge is 0.341 e. The highest BCUT2D eigenvalue weighted by Gasteiger charge is 2.08. The lowest BCUT2D eigenvalue weighted by Gasteiger charge is -1.98. The van der Waals surface area contributed by atoms with Gasteiger partial charge in [0.1, 0.15) is 0 Å². The standard InChI is InChI=1S/C11H12N4O2/c1-12-11(16)13-7-9-14-10(15-17-9)8-5-3-2-4-6-8/h2-6H,7H2,1H3,(H2,12,13,16). The fourth-order valence-corrected chi connectivity index (χ4v) is 1.28. The zero-order valence-electron chi connectivity index (χ0n) is 9.30. The van der Waals surface area contributed by atoms with Crippen LogP contribution in [0, 0.1) is 0 Å². The Morgan fingerprint density at radius 3 is 2.82 bits per heavy atom. The molecule has 0 atom stereocenters. The van der Waals surface area contributed by atoms with Gasteiger partial charge in [-0.3, -0.25) is 0 Å². The molecule has 0 unspecified atom stereocenters. The number of hydrogen-bond donors (Lipinski definition) is 2. The molecule has 0 aliphatic rings. The van der Waals surface area contributed by atoms with E-state index in [9.17, 15) is 4.79 Å². The van der Waals surface area contributed by atoms with E-state index in [2.05, 4.69) is 20.8 Å². The summed E-state index contributed by atoms with van der Waals surface area (Å²) in [6, 6.07) is 9.20. The molecular weight excluding hydrogens is 220 g/mol. The lowest BCUT2D eigenvalue weighted by Crippen LogP contribution is -2.32. The summed E-state index contributed by atoms with van der Waals surface area (Å²) in [5, 5.41) is 8.83. The first-order chi connectivity index (χ1) is 8.29. The molecule has 0 saturated carbocycles. The monoisotopic (exact) mass is 232 g/mol. The third-order valence-electron chi connectivity index (χ3n) is 2.13. The molecule has 1 aromatic heterocycles. The normalized spacial score (nSPS) is 9.94. The van der Waals surface area contributed by atoms with Crippen molar-refractivity contribution in [1.29, 1.82) is 0 Å². The van der Waals surface area contributed by atoms with Crippen molar-refractivity contribution >= 4 is 6.03 Å². The lowest BCUT2D eigenvalue weighted by atomic mass is 10.2. The second-order valence-electron chi connectivity index (χ2n) is 3.31. The maximum absolute atomic E-state index is 10.9. The molecule has 0 radical (unpaired) electrons. The van der Waals surface area contributed by atoms with Gasteiger partial charge in [0.25, 0.3) is 0 Å². The van der Waals surface area contributed by atoms with Crippen LogP contribution in [0.15, 0.2) is 34.9 Å². The van der Waals surface area contributed by atoms with Crippen LogP contribution in [0.5, 0.6) is 0 Å². The molecule has 6 nitrogen and oxygen atoms in total. The Balaban J connectivity index is 2.04. The van der Waals surface area contributed by atoms with Gasteiger partial charge in [-0.05, 0) is 0 Å². The van der Waals surface area contributed by atoms with E-state index in [4.69, 9.17) is 4.52 Å². The molecule has 17 heavy (non-hydrogen) atoms. The van der Waals surface area contributed by atoms with Crippen LogP contribution in [0.3, 0.4) is 0 Å². The number of nitrogens with zero attached hydrogens (tertiary/aromatic N) is 2. The summed E-state index contributed by atoms with van der Waals surface area (Å²) < 4.78 is 5.01. The highest BCUT2D eigenvalue weighted by atomic mass is 16.5. The minimum Gasteiger partial charge on any atom is -0.341 e. The summed E-state index contributed by atoms with van der Waals surface area (Å²) in [5.74, 6) is 0.881. The molecule has 0 bridgehead atoms. The van der Waals surface area contributed by atoms with Crippen molar-refractivity contribution in [2.45, 2.75) is 6.54 Å². The summed E-state index contributed by atoms with van der Waals surface area (Å²) in [6.07, 6.45) is 0. The Morgan fingerprint density at radius 2 is 2.12 bits per heavy atom. The smallest absolute Gasteiger partial charge is 0.314 e. The summed E-state index contributed by atoms with van der Waals surface area (Å²) in [5.41, 5.74) is 0.877. The van der Waals surface area contributed by atoms with Crippen LogP contribution in [-0.4, -0.2) is 23.2 Å². The minimum absolute atomic E-state index is 0.208. The predicted molar refractivity (Wildman–Crippen MR) is 61.0 cm³/mol. The zero-order chi connectivity index (χ0) is 12.1. The molecule has 2 rings (SSSR count).